The summed E-state index contributed by atoms with van der Waals surface area (Å²) >= 11 is 0. The Labute approximate surface area is 157 Å². The minimum Gasteiger partial charge on any atom is -0.381 e. The van der Waals surface area contributed by atoms with Crippen molar-refractivity contribution >= 4 is 11.9 Å². The number of nitrogens with zero attached hydrogens (tertiary/aromatic N) is 3. The molecule has 1 aromatic heterocycles. The van der Waals surface area contributed by atoms with E-state index in [-0.39, 0.29) is 5.95 Å². The SMILES string of the molecule is CCNC(=NCCCOCC1CC1)NCCNc1nccc(C(F)(F)F)n1. The summed E-state index contributed by atoms with van der Waals surface area (Å²) in [6.07, 6.45) is 0.0192. The first-order chi connectivity index (χ1) is 13.0. The van der Waals surface area contributed by atoms with Crippen molar-refractivity contribution in [3.05, 3.63) is 18.0 Å². The minimum absolute atomic E-state index is 0.0543. The molecule has 0 bridgehead atoms. The van der Waals surface area contributed by atoms with Crippen molar-refractivity contribution in [3.8, 4) is 0 Å². The quantitative estimate of drug-likeness (QED) is 0.306. The number of aliphatic imine (C=N–C) groups is 1. The van der Waals surface area contributed by atoms with E-state index in [0.717, 1.165) is 31.2 Å². The van der Waals surface area contributed by atoms with Crippen molar-refractivity contribution in [1.82, 2.24) is 20.6 Å². The maximum Gasteiger partial charge on any atom is 0.433 e. The zero-order valence-corrected chi connectivity index (χ0v) is 15.5. The zero-order valence-electron chi connectivity index (χ0n) is 15.5. The van der Waals surface area contributed by atoms with E-state index in [4.69, 9.17) is 4.74 Å². The molecule has 0 amide bonds. The summed E-state index contributed by atoms with van der Waals surface area (Å²) in [7, 11) is 0. The Bertz CT molecular complexity index is 592. The Hall–Kier alpha value is -2.10. The third kappa shape index (κ3) is 8.89. The van der Waals surface area contributed by atoms with Gasteiger partial charge in [0.1, 0.15) is 5.69 Å². The van der Waals surface area contributed by atoms with Crippen molar-refractivity contribution in [2.24, 2.45) is 10.9 Å². The molecule has 0 unspecified atom stereocenters. The third-order valence-electron chi connectivity index (χ3n) is 3.76. The summed E-state index contributed by atoms with van der Waals surface area (Å²) in [6, 6.07) is 0.841. The topological polar surface area (TPSA) is 83.5 Å². The van der Waals surface area contributed by atoms with Crippen LogP contribution in [-0.4, -0.2) is 55.3 Å². The molecule has 1 heterocycles. The Balaban J connectivity index is 1.65. The number of guanidine groups is 1. The lowest BCUT2D eigenvalue weighted by molar-refractivity contribution is -0.141. The molecule has 1 aromatic rings. The molecule has 1 saturated carbocycles. The molecule has 3 N–H and O–H groups in total. The fourth-order valence-electron chi connectivity index (χ4n) is 2.19. The molecule has 0 saturated heterocycles. The molecular weight excluding hydrogens is 361 g/mol. The zero-order chi connectivity index (χ0) is 19.5. The van der Waals surface area contributed by atoms with E-state index in [1.165, 1.54) is 12.8 Å². The lowest BCUT2D eigenvalue weighted by atomic mass is 10.4. The van der Waals surface area contributed by atoms with Gasteiger partial charge in [0, 0.05) is 45.6 Å². The van der Waals surface area contributed by atoms with E-state index in [1.807, 2.05) is 6.92 Å². The van der Waals surface area contributed by atoms with Crippen LogP contribution in [0.1, 0.15) is 31.9 Å². The number of aromatic nitrogens is 2. The van der Waals surface area contributed by atoms with Crippen LogP contribution in [0, 0.1) is 5.92 Å². The molecule has 0 radical (unpaired) electrons. The predicted molar refractivity (Wildman–Crippen MR) is 97.7 cm³/mol. The summed E-state index contributed by atoms with van der Waals surface area (Å²) < 4.78 is 43.4. The Morgan fingerprint density at radius 1 is 1.30 bits per heavy atom. The van der Waals surface area contributed by atoms with Crippen LogP contribution in [0.15, 0.2) is 17.3 Å². The first-order valence-electron chi connectivity index (χ1n) is 9.23. The summed E-state index contributed by atoms with van der Waals surface area (Å²) in [5.41, 5.74) is -0.966. The Morgan fingerprint density at radius 2 is 2.11 bits per heavy atom. The van der Waals surface area contributed by atoms with Gasteiger partial charge in [-0.25, -0.2) is 9.97 Å². The van der Waals surface area contributed by atoms with Gasteiger partial charge in [-0.1, -0.05) is 0 Å². The molecule has 1 aliphatic rings. The lowest BCUT2D eigenvalue weighted by Crippen LogP contribution is -2.39. The van der Waals surface area contributed by atoms with Crippen molar-refractivity contribution in [2.75, 3.05) is 44.7 Å². The summed E-state index contributed by atoms with van der Waals surface area (Å²) in [6.45, 7) is 5.70. The third-order valence-corrected chi connectivity index (χ3v) is 3.76. The number of nitrogens with one attached hydrogen (secondary N) is 3. The van der Waals surface area contributed by atoms with Gasteiger partial charge in [0.2, 0.25) is 5.95 Å². The lowest BCUT2D eigenvalue weighted by Gasteiger charge is -2.12. The number of halogens is 3. The van der Waals surface area contributed by atoms with Gasteiger partial charge < -0.3 is 20.7 Å². The van der Waals surface area contributed by atoms with Gasteiger partial charge in [0.25, 0.3) is 0 Å². The molecule has 1 aliphatic carbocycles. The fourth-order valence-corrected chi connectivity index (χ4v) is 2.19. The molecule has 152 valence electrons. The number of hydrogen-bond donors (Lipinski definition) is 3. The highest BCUT2D eigenvalue weighted by Gasteiger charge is 2.32. The molecule has 0 aliphatic heterocycles. The monoisotopic (exact) mass is 388 g/mol. The number of rotatable bonds is 11. The van der Waals surface area contributed by atoms with Gasteiger partial charge in [-0.3, -0.25) is 4.99 Å². The Morgan fingerprint density at radius 3 is 2.81 bits per heavy atom. The van der Waals surface area contributed by atoms with Crippen LogP contribution < -0.4 is 16.0 Å². The van der Waals surface area contributed by atoms with E-state index in [0.29, 0.717) is 38.7 Å². The van der Waals surface area contributed by atoms with Gasteiger partial charge >= 0.3 is 6.18 Å². The first-order valence-corrected chi connectivity index (χ1v) is 9.23. The van der Waals surface area contributed by atoms with Crippen LogP contribution in [0.4, 0.5) is 19.1 Å². The first kappa shape index (κ1) is 21.2. The smallest absolute Gasteiger partial charge is 0.381 e. The van der Waals surface area contributed by atoms with Crippen molar-refractivity contribution in [2.45, 2.75) is 32.4 Å². The normalized spacial score (nSPS) is 14.9. The highest BCUT2D eigenvalue weighted by molar-refractivity contribution is 5.79. The second-order valence-electron chi connectivity index (χ2n) is 6.25. The number of alkyl halides is 3. The minimum atomic E-state index is -4.48. The maximum atomic E-state index is 12.6. The van der Waals surface area contributed by atoms with Crippen LogP contribution >= 0.6 is 0 Å². The van der Waals surface area contributed by atoms with Crippen LogP contribution in [0.2, 0.25) is 0 Å². The molecule has 27 heavy (non-hydrogen) atoms. The van der Waals surface area contributed by atoms with E-state index >= 15 is 0 Å². The number of anilines is 1. The Kier molecular flexibility index (Phi) is 8.56. The van der Waals surface area contributed by atoms with Gasteiger partial charge in [-0.05, 0) is 38.2 Å². The van der Waals surface area contributed by atoms with Crippen LogP contribution in [-0.2, 0) is 10.9 Å². The summed E-state index contributed by atoms with van der Waals surface area (Å²) in [5.74, 6) is 1.37. The molecule has 10 heteroatoms. The largest absolute Gasteiger partial charge is 0.433 e. The van der Waals surface area contributed by atoms with Gasteiger partial charge in [-0.15, -0.1) is 0 Å². The predicted octanol–water partition coefficient (Wildman–Crippen LogP) is 2.28. The number of hydrogen-bond acceptors (Lipinski definition) is 5. The summed E-state index contributed by atoms with van der Waals surface area (Å²) in [5, 5.41) is 9.00. The van der Waals surface area contributed by atoms with Gasteiger partial charge in [0.05, 0.1) is 0 Å². The van der Waals surface area contributed by atoms with E-state index < -0.39 is 11.9 Å². The highest BCUT2D eigenvalue weighted by Crippen LogP contribution is 2.28. The van der Waals surface area contributed by atoms with Crippen molar-refractivity contribution in [1.29, 1.82) is 0 Å². The average Bonchev–Trinajstić information content (AvgIpc) is 3.45. The fraction of sp³-hybridized carbons (Fsp3) is 0.706. The highest BCUT2D eigenvalue weighted by atomic mass is 19.4. The van der Waals surface area contributed by atoms with Gasteiger partial charge in [-0.2, -0.15) is 13.2 Å². The summed E-state index contributed by atoms with van der Waals surface area (Å²) in [4.78, 5) is 11.7. The number of ether oxygens (including phenoxy) is 1. The molecule has 0 aromatic carbocycles. The van der Waals surface area contributed by atoms with E-state index in [9.17, 15) is 13.2 Å². The van der Waals surface area contributed by atoms with Crippen molar-refractivity contribution in [3.63, 3.8) is 0 Å². The average molecular weight is 388 g/mol. The molecule has 1 fully saturated rings. The molecule has 0 atom stereocenters. The molecule has 7 nitrogen and oxygen atoms in total. The van der Waals surface area contributed by atoms with Crippen LogP contribution in [0.3, 0.4) is 0 Å². The van der Waals surface area contributed by atoms with Crippen molar-refractivity contribution < 1.29 is 17.9 Å². The van der Waals surface area contributed by atoms with Crippen LogP contribution in [0.25, 0.3) is 0 Å². The molecular formula is C17H27F3N6O. The second kappa shape index (κ2) is 10.9. The molecule has 2 rings (SSSR count). The van der Waals surface area contributed by atoms with Gasteiger partial charge in [0.15, 0.2) is 5.96 Å². The standard InChI is InChI=1S/C17H27F3N6O/c1-2-21-15(22-7-3-11-27-12-13-4-5-13)24-9-10-25-16-23-8-6-14(26-16)17(18,19)20/h6,8,13H,2-5,7,9-12H2,1H3,(H2,21,22,24)(H,23,25,26). The maximum absolute atomic E-state index is 12.6. The molecule has 0 spiro atoms. The van der Waals surface area contributed by atoms with E-state index in [1.54, 1.807) is 0 Å². The van der Waals surface area contributed by atoms with E-state index in [2.05, 4.69) is 30.9 Å². The van der Waals surface area contributed by atoms with Crippen LogP contribution in [0.5, 0.6) is 0 Å². The second-order valence-corrected chi connectivity index (χ2v) is 6.25.